The smallest absolute Gasteiger partial charge is 0.300 e. The first-order valence-electron chi connectivity index (χ1n) is 6.28. The molecule has 22 heavy (non-hydrogen) atoms. The van der Waals surface area contributed by atoms with E-state index in [0.29, 0.717) is 17.4 Å². The van der Waals surface area contributed by atoms with Gasteiger partial charge >= 0.3 is 0 Å². The van der Waals surface area contributed by atoms with Crippen LogP contribution in [-0.2, 0) is 4.79 Å². The van der Waals surface area contributed by atoms with Crippen molar-refractivity contribution < 1.29 is 9.90 Å². The second-order valence-corrected chi connectivity index (χ2v) is 4.18. The number of nitrogens with zero attached hydrogens (tertiary/aromatic N) is 3. The zero-order chi connectivity index (χ0) is 15.9. The summed E-state index contributed by atoms with van der Waals surface area (Å²) >= 11 is 0. The maximum atomic E-state index is 11.2. The van der Waals surface area contributed by atoms with Gasteiger partial charge in [0.2, 0.25) is 11.5 Å². The molecular formula is C14H13N5O3. The van der Waals surface area contributed by atoms with Gasteiger partial charge < -0.3 is 15.4 Å². The summed E-state index contributed by atoms with van der Waals surface area (Å²) in [5, 5.41) is 11.2. The summed E-state index contributed by atoms with van der Waals surface area (Å²) in [5.41, 5.74) is 0.306. The van der Waals surface area contributed by atoms with Crippen LogP contribution < -0.4 is 10.9 Å². The highest BCUT2D eigenvalue weighted by atomic mass is 16.4. The third-order valence-electron chi connectivity index (χ3n) is 2.38. The van der Waals surface area contributed by atoms with Crippen molar-refractivity contribution in [3.63, 3.8) is 0 Å². The molecule has 0 aromatic carbocycles. The van der Waals surface area contributed by atoms with Crippen molar-refractivity contribution in [3.8, 4) is 0 Å². The van der Waals surface area contributed by atoms with E-state index in [1.54, 1.807) is 24.5 Å². The quantitative estimate of drug-likeness (QED) is 0.656. The van der Waals surface area contributed by atoms with Gasteiger partial charge in [-0.1, -0.05) is 6.07 Å². The molecule has 0 aliphatic heterocycles. The predicted octanol–water partition coefficient (Wildman–Crippen LogP) is 1.55. The Morgan fingerprint density at radius 1 is 1.23 bits per heavy atom. The summed E-state index contributed by atoms with van der Waals surface area (Å²) in [5.74, 6) is 0.207. The molecular weight excluding hydrogens is 286 g/mol. The summed E-state index contributed by atoms with van der Waals surface area (Å²) < 4.78 is 0. The number of hydrogen-bond donors (Lipinski definition) is 3. The Hall–Kier alpha value is -3.29. The molecule has 0 spiro atoms. The average molecular weight is 299 g/mol. The Bertz CT molecular complexity index is 829. The van der Waals surface area contributed by atoms with Crippen LogP contribution in [0.3, 0.4) is 0 Å². The highest BCUT2D eigenvalue weighted by molar-refractivity contribution is 5.74. The van der Waals surface area contributed by atoms with Gasteiger partial charge in [-0.05, 0) is 18.2 Å². The van der Waals surface area contributed by atoms with Gasteiger partial charge in [-0.2, -0.15) is 4.98 Å². The predicted molar refractivity (Wildman–Crippen MR) is 81.0 cm³/mol. The molecule has 8 nitrogen and oxygen atoms in total. The summed E-state index contributed by atoms with van der Waals surface area (Å²) in [7, 11) is 0. The number of rotatable bonds is 2. The van der Waals surface area contributed by atoms with E-state index in [1.807, 2.05) is 12.1 Å². The molecule has 112 valence electrons. The molecule has 3 aromatic rings. The highest BCUT2D eigenvalue weighted by Crippen LogP contribution is 2.11. The van der Waals surface area contributed by atoms with E-state index in [9.17, 15) is 4.79 Å². The van der Waals surface area contributed by atoms with Crippen LogP contribution in [0.2, 0.25) is 0 Å². The number of nitrogens with one attached hydrogen (secondary N) is 2. The van der Waals surface area contributed by atoms with Crippen molar-refractivity contribution in [1.82, 2.24) is 19.9 Å². The Balaban J connectivity index is 0.000000396. The first kappa shape index (κ1) is 15.1. The average Bonchev–Trinajstić information content (AvgIpc) is 2.47. The largest absolute Gasteiger partial charge is 0.481 e. The number of hydrogen-bond acceptors (Lipinski definition) is 6. The van der Waals surface area contributed by atoms with E-state index in [0.717, 1.165) is 12.3 Å². The molecule has 3 heterocycles. The van der Waals surface area contributed by atoms with Crippen molar-refractivity contribution in [1.29, 1.82) is 0 Å². The fraction of sp³-hybridized carbons (Fsp3) is 0.0714. The van der Waals surface area contributed by atoms with Crippen molar-refractivity contribution in [2.45, 2.75) is 6.92 Å². The summed E-state index contributed by atoms with van der Waals surface area (Å²) in [6.45, 7) is 1.08. The lowest BCUT2D eigenvalue weighted by Crippen LogP contribution is -2.05. The molecule has 3 N–H and O–H groups in total. The van der Waals surface area contributed by atoms with Gasteiger partial charge in [0, 0.05) is 30.8 Å². The van der Waals surface area contributed by atoms with E-state index < -0.39 is 5.97 Å². The van der Waals surface area contributed by atoms with Crippen LogP contribution in [0.1, 0.15) is 6.92 Å². The summed E-state index contributed by atoms with van der Waals surface area (Å²) in [6, 6.07) is 8.61. The molecule has 3 aromatic heterocycles. The Labute approximate surface area is 124 Å². The van der Waals surface area contributed by atoms with Gasteiger partial charge in [0.05, 0.1) is 0 Å². The van der Waals surface area contributed by atoms with Gasteiger partial charge in [0.1, 0.15) is 11.5 Å². The minimum atomic E-state index is -0.833. The second kappa shape index (κ2) is 6.93. The number of carbonyl (C=O) groups is 1. The number of aromatic nitrogens is 4. The number of pyridine rings is 2. The van der Waals surface area contributed by atoms with Gasteiger partial charge in [-0.25, -0.2) is 9.97 Å². The molecule has 0 atom stereocenters. The number of aromatic amines is 1. The minimum absolute atomic E-state index is 0.190. The fourth-order valence-electron chi connectivity index (χ4n) is 1.55. The van der Waals surface area contributed by atoms with Crippen LogP contribution in [0.25, 0.3) is 11.0 Å². The SMILES string of the molecule is CC(=O)O.O=c1ccc2cnc(Nc3ccccn3)nc2[nH]1. The second-order valence-electron chi connectivity index (χ2n) is 4.18. The molecule has 0 saturated heterocycles. The number of aliphatic carboxylic acids is 1. The Morgan fingerprint density at radius 3 is 2.68 bits per heavy atom. The molecule has 8 heteroatoms. The first-order valence-corrected chi connectivity index (χ1v) is 6.28. The topological polar surface area (TPSA) is 121 Å². The van der Waals surface area contributed by atoms with Gasteiger partial charge in [0.25, 0.3) is 5.97 Å². The van der Waals surface area contributed by atoms with Crippen LogP contribution in [0.15, 0.2) is 47.5 Å². The van der Waals surface area contributed by atoms with Crippen LogP contribution in [0.4, 0.5) is 11.8 Å². The van der Waals surface area contributed by atoms with Crippen LogP contribution >= 0.6 is 0 Å². The molecule has 3 rings (SSSR count). The fourth-order valence-corrected chi connectivity index (χ4v) is 1.55. The molecule has 0 unspecified atom stereocenters. The number of fused-ring (bicyclic) bond motifs is 1. The number of carboxylic acid groups (broad SMARTS) is 1. The zero-order valence-corrected chi connectivity index (χ0v) is 11.6. The Morgan fingerprint density at radius 2 is 2.00 bits per heavy atom. The monoisotopic (exact) mass is 299 g/mol. The van der Waals surface area contributed by atoms with E-state index >= 15 is 0 Å². The van der Waals surface area contributed by atoms with Gasteiger partial charge in [0.15, 0.2) is 0 Å². The summed E-state index contributed by atoms with van der Waals surface area (Å²) in [6.07, 6.45) is 3.31. The molecule has 0 radical (unpaired) electrons. The zero-order valence-electron chi connectivity index (χ0n) is 11.6. The molecule has 0 saturated carbocycles. The van der Waals surface area contributed by atoms with E-state index in [1.165, 1.54) is 6.07 Å². The highest BCUT2D eigenvalue weighted by Gasteiger charge is 2.01. The number of anilines is 2. The maximum absolute atomic E-state index is 11.2. The Kier molecular flexibility index (Phi) is 4.76. The third kappa shape index (κ3) is 4.37. The lowest BCUT2D eigenvalue weighted by atomic mass is 10.3. The lowest BCUT2D eigenvalue weighted by molar-refractivity contribution is -0.134. The third-order valence-corrected chi connectivity index (χ3v) is 2.38. The van der Waals surface area contributed by atoms with Crippen LogP contribution in [0, 0.1) is 0 Å². The lowest BCUT2D eigenvalue weighted by Gasteiger charge is -2.03. The molecule has 0 bridgehead atoms. The maximum Gasteiger partial charge on any atom is 0.300 e. The van der Waals surface area contributed by atoms with E-state index in [4.69, 9.17) is 9.90 Å². The molecule has 0 aliphatic rings. The molecule has 0 fully saturated rings. The van der Waals surface area contributed by atoms with Crippen molar-refractivity contribution in [2.24, 2.45) is 0 Å². The number of carboxylic acids is 1. The minimum Gasteiger partial charge on any atom is -0.481 e. The van der Waals surface area contributed by atoms with Crippen molar-refractivity contribution in [3.05, 3.63) is 53.1 Å². The van der Waals surface area contributed by atoms with Crippen molar-refractivity contribution in [2.75, 3.05) is 5.32 Å². The van der Waals surface area contributed by atoms with E-state index in [2.05, 4.69) is 25.3 Å². The van der Waals surface area contributed by atoms with Crippen LogP contribution in [-0.4, -0.2) is 31.0 Å². The van der Waals surface area contributed by atoms with Crippen LogP contribution in [0.5, 0.6) is 0 Å². The van der Waals surface area contributed by atoms with Gasteiger partial charge in [-0.3, -0.25) is 9.59 Å². The molecule has 0 aliphatic carbocycles. The van der Waals surface area contributed by atoms with Gasteiger partial charge in [-0.15, -0.1) is 0 Å². The van der Waals surface area contributed by atoms with Crippen molar-refractivity contribution >= 4 is 28.8 Å². The number of H-pyrrole nitrogens is 1. The first-order chi connectivity index (χ1) is 10.5. The molecule has 0 amide bonds. The summed E-state index contributed by atoms with van der Waals surface area (Å²) in [4.78, 5) is 35.3. The normalized spacial score (nSPS) is 9.68. The van der Waals surface area contributed by atoms with E-state index in [-0.39, 0.29) is 5.56 Å². The standard InChI is InChI=1S/C12H9N5O.C2H4O2/c18-10-5-4-8-7-14-12(17-11(8)16-10)15-9-3-1-2-6-13-9;1-2(3)4/h1-7H,(H2,13,14,15,16,17,18);1H3,(H,3,4).